The smallest absolute Gasteiger partial charge is 0.241 e. The number of nitrogens with one attached hydrogen (secondary N) is 1. The number of ether oxygens (including phenoxy) is 1. The van der Waals surface area contributed by atoms with E-state index < -0.39 is 10.0 Å². The van der Waals surface area contributed by atoms with Crippen molar-refractivity contribution in [3.63, 3.8) is 0 Å². The number of H-pyrrole nitrogens is 1. The second-order valence-corrected chi connectivity index (χ2v) is 8.53. The van der Waals surface area contributed by atoms with Gasteiger partial charge in [0.05, 0.1) is 5.69 Å². The van der Waals surface area contributed by atoms with Crippen LogP contribution >= 0.6 is 0 Å². The molecule has 2 aromatic carbocycles. The molecular formula is C21H30N6O3S. The molecule has 1 aromatic heterocycles. The summed E-state index contributed by atoms with van der Waals surface area (Å²) in [5.74, 6) is 0.936. The number of para-hydroxylation sites is 1. The van der Waals surface area contributed by atoms with Crippen molar-refractivity contribution in [3.8, 4) is 22.9 Å². The van der Waals surface area contributed by atoms with Gasteiger partial charge < -0.3 is 9.64 Å². The lowest BCUT2D eigenvalue weighted by atomic mass is 10.1. The molecule has 0 saturated heterocycles. The molecule has 0 bridgehead atoms. The maximum absolute atomic E-state index is 12.4. The summed E-state index contributed by atoms with van der Waals surface area (Å²) in [5.41, 5.74) is 1.04. The average Bonchev–Trinajstić information content (AvgIpc) is 3.27. The highest BCUT2D eigenvalue weighted by Gasteiger charge is 2.24. The van der Waals surface area contributed by atoms with Crippen LogP contribution in [0.15, 0.2) is 47.4 Å². The summed E-state index contributed by atoms with van der Waals surface area (Å²) in [5, 5.41) is 19.3. The van der Waals surface area contributed by atoms with Crippen LogP contribution in [0, 0.1) is 0 Å². The molecule has 168 valence electrons. The SMILES string of the molecule is CCC.CCCCN(C)c1cc(-c2nn[nH]n2)cc(S(N)(=O)=O)c1Oc1ccccc1. The normalized spacial score (nSPS) is 10.9. The third-order valence-electron chi connectivity index (χ3n) is 4.17. The lowest BCUT2D eigenvalue weighted by Gasteiger charge is -2.24. The second-order valence-electron chi connectivity index (χ2n) is 7.00. The first kappa shape index (κ1) is 24.3. The Kier molecular flexibility index (Phi) is 8.95. The number of primary sulfonamides is 1. The molecule has 0 aliphatic carbocycles. The van der Waals surface area contributed by atoms with Gasteiger partial charge in [-0.15, -0.1) is 10.2 Å². The van der Waals surface area contributed by atoms with E-state index in [-0.39, 0.29) is 16.5 Å². The molecule has 0 aliphatic heterocycles. The highest BCUT2D eigenvalue weighted by atomic mass is 32.2. The molecule has 0 fully saturated rings. The minimum atomic E-state index is -4.08. The molecule has 3 aromatic rings. The van der Waals surface area contributed by atoms with E-state index in [4.69, 9.17) is 9.88 Å². The summed E-state index contributed by atoms with van der Waals surface area (Å²) >= 11 is 0. The molecule has 9 nitrogen and oxygen atoms in total. The first-order valence-electron chi connectivity index (χ1n) is 10.2. The van der Waals surface area contributed by atoms with Crippen molar-refractivity contribution in [1.82, 2.24) is 20.6 Å². The monoisotopic (exact) mass is 446 g/mol. The number of anilines is 1. The van der Waals surface area contributed by atoms with Crippen molar-refractivity contribution >= 4 is 15.7 Å². The highest BCUT2D eigenvalue weighted by molar-refractivity contribution is 7.89. The second kappa shape index (κ2) is 11.4. The van der Waals surface area contributed by atoms with Gasteiger partial charge in [-0.2, -0.15) is 5.21 Å². The van der Waals surface area contributed by atoms with Crippen molar-refractivity contribution < 1.29 is 13.2 Å². The van der Waals surface area contributed by atoms with Gasteiger partial charge in [0.1, 0.15) is 10.6 Å². The molecule has 0 spiro atoms. The third kappa shape index (κ3) is 6.76. The lowest BCUT2D eigenvalue weighted by Crippen LogP contribution is -2.21. The van der Waals surface area contributed by atoms with Crippen LogP contribution in [0.25, 0.3) is 11.4 Å². The minimum Gasteiger partial charge on any atom is -0.454 e. The van der Waals surface area contributed by atoms with E-state index >= 15 is 0 Å². The number of hydrogen-bond acceptors (Lipinski definition) is 7. The number of sulfonamides is 1. The van der Waals surface area contributed by atoms with E-state index in [9.17, 15) is 8.42 Å². The van der Waals surface area contributed by atoms with E-state index in [2.05, 4.69) is 41.4 Å². The zero-order valence-electron chi connectivity index (χ0n) is 18.4. The van der Waals surface area contributed by atoms with Gasteiger partial charge in [-0.1, -0.05) is 51.8 Å². The quantitative estimate of drug-likeness (QED) is 0.536. The maximum Gasteiger partial charge on any atom is 0.241 e. The number of benzene rings is 2. The molecule has 3 N–H and O–H groups in total. The predicted octanol–water partition coefficient (Wildman–Crippen LogP) is 3.96. The van der Waals surface area contributed by atoms with E-state index in [0.29, 0.717) is 23.5 Å². The van der Waals surface area contributed by atoms with E-state index in [0.717, 1.165) is 12.8 Å². The first-order chi connectivity index (χ1) is 14.8. The van der Waals surface area contributed by atoms with Crippen LogP contribution in [0.4, 0.5) is 5.69 Å². The number of rotatable bonds is 8. The summed E-state index contributed by atoms with van der Waals surface area (Å²) in [6.45, 7) is 7.04. The Morgan fingerprint density at radius 1 is 1.13 bits per heavy atom. The Morgan fingerprint density at radius 3 is 2.35 bits per heavy atom. The Balaban J connectivity index is 0.00000107. The molecule has 0 aliphatic rings. The fourth-order valence-electron chi connectivity index (χ4n) is 2.72. The van der Waals surface area contributed by atoms with Gasteiger partial charge in [0, 0.05) is 19.2 Å². The summed E-state index contributed by atoms with van der Waals surface area (Å²) in [6.07, 6.45) is 3.17. The van der Waals surface area contributed by atoms with Crippen LogP contribution in [0.3, 0.4) is 0 Å². The molecule has 0 saturated carbocycles. The topological polar surface area (TPSA) is 127 Å². The van der Waals surface area contributed by atoms with Crippen LogP contribution in [0.5, 0.6) is 11.5 Å². The van der Waals surface area contributed by atoms with Gasteiger partial charge in [0.2, 0.25) is 15.8 Å². The van der Waals surface area contributed by atoms with Gasteiger partial charge in [-0.25, -0.2) is 13.6 Å². The number of nitrogens with zero attached hydrogens (tertiary/aromatic N) is 4. The average molecular weight is 447 g/mol. The lowest BCUT2D eigenvalue weighted by molar-refractivity contribution is 0.467. The van der Waals surface area contributed by atoms with E-state index in [1.54, 1.807) is 30.3 Å². The molecule has 1 heterocycles. The van der Waals surface area contributed by atoms with Gasteiger partial charge in [-0.05, 0) is 35.9 Å². The number of aromatic nitrogens is 4. The van der Waals surface area contributed by atoms with Crippen molar-refractivity contribution in [2.24, 2.45) is 5.14 Å². The number of aromatic amines is 1. The van der Waals surface area contributed by atoms with Crippen LogP contribution in [0.1, 0.15) is 40.0 Å². The zero-order valence-corrected chi connectivity index (χ0v) is 19.2. The molecule has 0 amide bonds. The summed E-state index contributed by atoms with van der Waals surface area (Å²) in [4.78, 5) is 1.79. The third-order valence-corrected chi connectivity index (χ3v) is 5.08. The summed E-state index contributed by atoms with van der Waals surface area (Å²) in [7, 11) is -2.21. The van der Waals surface area contributed by atoms with Gasteiger partial charge >= 0.3 is 0 Å². The Morgan fingerprint density at radius 2 is 1.81 bits per heavy atom. The van der Waals surface area contributed by atoms with Crippen LogP contribution in [-0.2, 0) is 10.0 Å². The van der Waals surface area contributed by atoms with Gasteiger partial charge in [0.25, 0.3) is 0 Å². The number of unbranched alkanes of at least 4 members (excludes halogenated alkanes) is 1. The summed E-state index contributed by atoms with van der Waals surface area (Å²) in [6, 6.07) is 12.1. The molecule has 0 unspecified atom stereocenters. The molecule has 10 heteroatoms. The largest absolute Gasteiger partial charge is 0.454 e. The Hall–Kier alpha value is -2.98. The van der Waals surface area contributed by atoms with Crippen LogP contribution in [0.2, 0.25) is 0 Å². The van der Waals surface area contributed by atoms with Gasteiger partial charge in [0.15, 0.2) is 5.75 Å². The Labute approximate surface area is 183 Å². The standard InChI is InChI=1S/C18H22N6O3S.C3H8/c1-3-4-10-24(2)15-11-13(18-20-22-23-21-18)12-16(28(19,25)26)17(15)27-14-8-6-5-7-9-14;1-3-2/h5-9,11-12H,3-4,10H2,1-2H3,(H2,19,25,26)(H,20,21,22,23);3H2,1-2H3. The maximum atomic E-state index is 12.4. The molecule has 0 atom stereocenters. The minimum absolute atomic E-state index is 0.142. The van der Waals surface area contributed by atoms with E-state index in [1.807, 2.05) is 18.0 Å². The van der Waals surface area contributed by atoms with Crippen molar-refractivity contribution in [1.29, 1.82) is 0 Å². The van der Waals surface area contributed by atoms with E-state index in [1.165, 1.54) is 12.5 Å². The van der Waals surface area contributed by atoms with Gasteiger partial charge in [-0.3, -0.25) is 0 Å². The van der Waals surface area contributed by atoms with Crippen LogP contribution in [-0.4, -0.2) is 42.6 Å². The van der Waals surface area contributed by atoms with Crippen molar-refractivity contribution in [2.45, 2.75) is 44.9 Å². The van der Waals surface area contributed by atoms with Crippen molar-refractivity contribution in [2.75, 3.05) is 18.5 Å². The van der Waals surface area contributed by atoms with Crippen LogP contribution < -0.4 is 14.8 Å². The molecule has 31 heavy (non-hydrogen) atoms. The predicted molar refractivity (Wildman–Crippen MR) is 122 cm³/mol. The molecule has 0 radical (unpaired) electrons. The number of hydrogen-bond donors (Lipinski definition) is 2. The molecule has 3 rings (SSSR count). The Bertz CT molecular complexity index is 1040. The fourth-order valence-corrected chi connectivity index (χ4v) is 3.42. The number of nitrogens with two attached hydrogens (primary N) is 1. The highest BCUT2D eigenvalue weighted by Crippen LogP contribution is 2.40. The first-order valence-corrected chi connectivity index (χ1v) is 11.7. The summed E-state index contributed by atoms with van der Waals surface area (Å²) < 4.78 is 30.7. The molecular weight excluding hydrogens is 416 g/mol. The fraction of sp³-hybridized carbons (Fsp3) is 0.381. The number of tetrazole rings is 1. The van der Waals surface area contributed by atoms with Crippen molar-refractivity contribution in [3.05, 3.63) is 42.5 Å². The zero-order chi connectivity index (χ0) is 22.9.